The summed E-state index contributed by atoms with van der Waals surface area (Å²) in [6.45, 7) is 1.62. The van der Waals surface area contributed by atoms with Crippen LogP contribution in [0.25, 0.3) is 0 Å². The van der Waals surface area contributed by atoms with E-state index in [9.17, 15) is 0 Å². The second kappa shape index (κ2) is 14.5. The zero-order valence-electron chi connectivity index (χ0n) is 23.2. The van der Waals surface area contributed by atoms with Crippen molar-refractivity contribution in [1.29, 1.82) is 0 Å². The monoisotopic (exact) mass is 707 g/mol. The van der Waals surface area contributed by atoms with E-state index >= 15 is 0 Å². The van der Waals surface area contributed by atoms with Crippen molar-refractivity contribution in [3.05, 3.63) is 91.0 Å². The van der Waals surface area contributed by atoms with Gasteiger partial charge in [-0.2, -0.15) is 0 Å². The van der Waals surface area contributed by atoms with E-state index in [0.717, 1.165) is 21.2 Å². The first-order valence-corrected chi connectivity index (χ1v) is 17.4. The Morgan fingerprint density at radius 1 is 0.762 bits per heavy atom. The Hall–Kier alpha value is -0.910. The molecule has 0 unspecified atom stereocenters. The van der Waals surface area contributed by atoms with Crippen LogP contribution in [0.3, 0.4) is 0 Å². The Balaban J connectivity index is 1.97. The fourth-order valence-corrected chi connectivity index (χ4v) is 9.80. The van der Waals surface area contributed by atoms with Gasteiger partial charge < -0.3 is 14.2 Å². The third kappa shape index (κ3) is 9.07. The molecule has 0 atom stereocenters. The van der Waals surface area contributed by atoms with Gasteiger partial charge in [-0.25, -0.2) is 4.99 Å². The van der Waals surface area contributed by atoms with Gasteiger partial charge in [0.25, 0.3) is 0 Å². The molecule has 0 bridgehead atoms. The Morgan fingerprint density at radius 3 is 1.50 bits per heavy atom. The van der Waals surface area contributed by atoms with Crippen molar-refractivity contribution < 1.29 is 14.2 Å². The fourth-order valence-electron chi connectivity index (χ4n) is 4.86. The molecule has 0 N–H and O–H groups in total. The number of alkyl halides is 6. The topological polar surface area (TPSA) is 40.0 Å². The predicted octanol–water partition coefficient (Wildman–Crippen LogP) is 8.24. The molecule has 226 valence electrons. The maximum absolute atomic E-state index is 6.39. The van der Waals surface area contributed by atoms with Crippen LogP contribution in [0.4, 0.5) is 0 Å². The number of aliphatic imine (C=N–C) groups is 1. The first-order valence-electron chi connectivity index (χ1n) is 13.3. The lowest BCUT2D eigenvalue weighted by atomic mass is 10.1. The molecule has 0 aliphatic carbocycles. The van der Waals surface area contributed by atoms with Crippen LogP contribution in [-0.2, 0) is 14.2 Å². The van der Waals surface area contributed by atoms with Crippen molar-refractivity contribution in [3.8, 4) is 0 Å². The van der Waals surface area contributed by atoms with Crippen LogP contribution in [0.5, 0.6) is 0 Å². The van der Waals surface area contributed by atoms with Gasteiger partial charge in [0.15, 0.2) is 6.29 Å². The molecule has 11 heteroatoms. The minimum atomic E-state index is -2.53. The smallest absolute Gasteiger partial charge is 0.213 e. The summed E-state index contributed by atoms with van der Waals surface area (Å²) in [4.78, 5) is 5.09. The molecule has 0 radical (unpaired) electrons. The maximum Gasteiger partial charge on any atom is 0.213 e. The Kier molecular flexibility index (Phi) is 11.7. The molecule has 0 aromatic heterocycles. The van der Waals surface area contributed by atoms with Crippen molar-refractivity contribution in [3.63, 3.8) is 0 Å². The highest BCUT2D eigenvalue weighted by atomic mass is 35.6. The van der Waals surface area contributed by atoms with Gasteiger partial charge in [-0.3, -0.25) is 0 Å². The number of benzene rings is 3. The van der Waals surface area contributed by atoms with Gasteiger partial charge in [0.05, 0.1) is 18.8 Å². The lowest BCUT2D eigenvalue weighted by Crippen LogP contribution is -2.35. The fraction of sp³-hybridized carbons (Fsp3) is 0.355. The molecule has 4 rings (SSSR count). The van der Waals surface area contributed by atoms with Gasteiger partial charge >= 0.3 is 0 Å². The normalized spacial score (nSPS) is 15.4. The Labute approximate surface area is 278 Å². The Bertz CT molecular complexity index is 1270. The van der Waals surface area contributed by atoms with Crippen LogP contribution >= 0.6 is 76.5 Å². The van der Waals surface area contributed by atoms with Crippen LogP contribution in [0.1, 0.15) is 26.7 Å². The molecule has 3 aromatic rings. The van der Waals surface area contributed by atoms with Crippen molar-refractivity contribution >= 4 is 104 Å². The number of hydrogen-bond donors (Lipinski definition) is 0. The van der Waals surface area contributed by atoms with Crippen molar-refractivity contribution in [2.45, 2.75) is 46.1 Å². The highest BCUT2D eigenvalue weighted by molar-refractivity contribution is 7.96. The van der Waals surface area contributed by atoms with E-state index in [1.54, 1.807) is 0 Å². The average Bonchev–Trinajstić information content (AvgIpc) is 3.31. The molecular weight excluding hydrogens is 678 g/mol. The summed E-state index contributed by atoms with van der Waals surface area (Å²) in [6, 6.07) is 31.5. The third-order valence-electron chi connectivity index (χ3n) is 6.53. The van der Waals surface area contributed by atoms with Gasteiger partial charge in [-0.15, -0.1) is 0 Å². The van der Waals surface area contributed by atoms with Crippen LogP contribution in [-0.4, -0.2) is 50.4 Å². The summed E-state index contributed by atoms with van der Waals surface area (Å²) in [5.74, 6) is 0.617. The van der Waals surface area contributed by atoms with E-state index in [4.69, 9.17) is 88.8 Å². The average molecular weight is 710 g/mol. The van der Waals surface area contributed by atoms with Gasteiger partial charge in [0.2, 0.25) is 13.5 Å². The van der Waals surface area contributed by atoms with Crippen LogP contribution in [0, 0.1) is 0 Å². The van der Waals surface area contributed by atoms with E-state index in [1.165, 1.54) is 0 Å². The first-order chi connectivity index (χ1) is 19.8. The summed E-state index contributed by atoms with van der Waals surface area (Å²) in [5, 5.41) is 4.52. The van der Waals surface area contributed by atoms with Crippen LogP contribution in [0.2, 0.25) is 0 Å². The minimum absolute atomic E-state index is 0.210. The SMILES string of the molecule is CC1(C)COC(C(CCC(OCC(Cl)(Cl)Cl)OCC(Cl)(Cl)Cl)=P(c2ccccc2)(c2ccccc2)c2ccccc2)=N1. The second-order valence-corrected chi connectivity index (χ2v) is 18.9. The number of nitrogens with zero attached hydrogens (tertiary/aromatic N) is 1. The molecule has 3 aromatic carbocycles. The molecule has 1 aliphatic heterocycles. The van der Waals surface area contributed by atoms with Crippen LogP contribution in [0.15, 0.2) is 96.0 Å². The first kappa shape index (κ1) is 34.0. The van der Waals surface area contributed by atoms with Crippen molar-refractivity contribution in [2.75, 3.05) is 19.8 Å². The van der Waals surface area contributed by atoms with Crippen molar-refractivity contribution in [1.82, 2.24) is 0 Å². The highest BCUT2D eigenvalue weighted by Gasteiger charge is 2.37. The van der Waals surface area contributed by atoms with E-state index in [-0.39, 0.29) is 13.2 Å². The molecule has 42 heavy (non-hydrogen) atoms. The zero-order chi connectivity index (χ0) is 30.4. The molecule has 0 saturated heterocycles. The number of rotatable bonds is 11. The molecule has 1 heterocycles. The maximum atomic E-state index is 6.39. The van der Waals surface area contributed by atoms with E-state index in [1.807, 2.05) is 18.2 Å². The quantitative estimate of drug-likeness (QED) is 0.114. The van der Waals surface area contributed by atoms with E-state index in [2.05, 4.69) is 86.6 Å². The minimum Gasteiger partial charge on any atom is -0.475 e. The van der Waals surface area contributed by atoms with Gasteiger partial charge in [0.1, 0.15) is 6.61 Å². The van der Waals surface area contributed by atoms with Crippen molar-refractivity contribution in [2.24, 2.45) is 4.99 Å². The molecular formula is C31H32Cl6NO3P. The number of halogens is 6. The molecule has 0 spiro atoms. The van der Waals surface area contributed by atoms with E-state index in [0.29, 0.717) is 25.3 Å². The molecule has 1 aliphatic rings. The van der Waals surface area contributed by atoms with Crippen LogP contribution < -0.4 is 15.9 Å². The molecule has 0 saturated carbocycles. The lowest BCUT2D eigenvalue weighted by Gasteiger charge is -2.33. The number of ether oxygens (including phenoxy) is 3. The number of hydrogen-bond acceptors (Lipinski definition) is 4. The third-order valence-corrected chi connectivity index (χ3v) is 11.6. The second-order valence-electron chi connectivity index (χ2n) is 10.5. The summed E-state index contributed by atoms with van der Waals surface area (Å²) in [6.07, 6.45) is -0.00917. The van der Waals surface area contributed by atoms with Gasteiger partial charge in [-0.1, -0.05) is 161 Å². The molecule has 4 nitrogen and oxygen atoms in total. The van der Waals surface area contributed by atoms with E-state index < -0.39 is 26.3 Å². The predicted molar refractivity (Wildman–Crippen MR) is 183 cm³/mol. The summed E-state index contributed by atoms with van der Waals surface area (Å²) >= 11 is 36.1. The molecule has 0 amide bonds. The highest BCUT2D eigenvalue weighted by Crippen LogP contribution is 2.48. The zero-order valence-corrected chi connectivity index (χ0v) is 28.6. The standard InChI is InChI=1S/C31H32Cl6NO3P/c1-29(2)20-41-28(38-29)26(18-19-27(39-21-30(32,33)34)40-22-31(35,36)37)42(23-12-6-3-7-13-23,24-14-8-4-9-15-24)25-16-10-5-11-17-25/h3-17,27H,18-22H2,1-2H3. The molecule has 0 fully saturated rings. The van der Waals surface area contributed by atoms with Gasteiger partial charge in [0, 0.05) is 11.7 Å². The summed E-state index contributed by atoms with van der Waals surface area (Å²) in [7, 11) is 0. The largest absolute Gasteiger partial charge is 0.475 e. The summed E-state index contributed by atoms with van der Waals surface area (Å²) < 4.78 is 14.9. The lowest BCUT2D eigenvalue weighted by molar-refractivity contribution is -0.142. The Morgan fingerprint density at radius 2 is 1.17 bits per heavy atom. The van der Waals surface area contributed by atoms with Gasteiger partial charge in [-0.05, 0) is 43.1 Å². The summed E-state index contributed by atoms with van der Waals surface area (Å²) in [5.41, 5.74) is -0.391.